The normalized spacial score (nSPS) is 13.7. The van der Waals surface area contributed by atoms with E-state index in [1.165, 1.54) is 11.3 Å². The number of ether oxygens (including phenoxy) is 2. The molecule has 0 radical (unpaired) electrons. The second-order valence-corrected chi connectivity index (χ2v) is 8.22. The van der Waals surface area contributed by atoms with Crippen LogP contribution in [0.2, 0.25) is 0 Å². The lowest BCUT2D eigenvalue weighted by atomic mass is 10.1. The summed E-state index contributed by atoms with van der Waals surface area (Å²) >= 11 is 6.88. The minimum absolute atomic E-state index is 0.186. The molecule has 0 fully saturated rings. The number of hydrogen-bond acceptors (Lipinski definition) is 6. The van der Waals surface area contributed by atoms with Gasteiger partial charge in [-0.25, -0.2) is 0 Å². The van der Waals surface area contributed by atoms with Gasteiger partial charge >= 0.3 is 0 Å². The molecule has 1 aliphatic rings. The zero-order valence-electron chi connectivity index (χ0n) is 16.1. The lowest BCUT2D eigenvalue weighted by Gasteiger charge is -2.06. The average Bonchev–Trinajstić information content (AvgIpc) is 3.27. The number of aryl methyl sites for hydroxylation is 1. The van der Waals surface area contributed by atoms with Gasteiger partial charge in [0, 0.05) is 23.9 Å². The van der Waals surface area contributed by atoms with Crippen molar-refractivity contribution < 1.29 is 14.6 Å². The van der Waals surface area contributed by atoms with Crippen LogP contribution in [0.15, 0.2) is 47.5 Å². The van der Waals surface area contributed by atoms with Crippen LogP contribution in [0.1, 0.15) is 16.0 Å². The minimum atomic E-state index is 0.186. The number of nitrogens with zero attached hydrogens (tertiary/aromatic N) is 2. The third-order valence-corrected chi connectivity index (χ3v) is 6.21. The molecule has 2 aromatic carbocycles. The average molecular weight is 425 g/mol. The molecule has 2 heterocycles. The molecule has 5 nitrogen and oxygen atoms in total. The highest BCUT2D eigenvalue weighted by atomic mass is 32.1. The van der Waals surface area contributed by atoms with Crippen LogP contribution in [0.25, 0.3) is 11.6 Å². The summed E-state index contributed by atoms with van der Waals surface area (Å²) in [6.07, 6.45) is 4.49. The van der Waals surface area contributed by atoms with Crippen LogP contribution in [0.5, 0.6) is 17.4 Å². The molecule has 4 rings (SSSR count). The molecule has 0 atom stereocenters. The monoisotopic (exact) mass is 424 g/mol. The Balaban J connectivity index is 1.57. The molecular formula is C22H20N2O3S2. The maximum atomic E-state index is 10.8. The lowest BCUT2D eigenvalue weighted by molar-refractivity contribution is 0.412. The topological polar surface area (TPSA) is 56.0 Å². The standard InChI is InChI=1S/C22H20N2O3S2/c1-26-16-5-3-14(4-6-16)9-10-24-21(25)20(29-22(24)28)11-15-13-23-19-8-7-17(27-2)12-18(15)19/h3-8,11-13,25H,9-10H2,1-2H3/b15-11+. The molecule has 1 aliphatic heterocycles. The Labute approximate surface area is 178 Å². The fourth-order valence-corrected chi connectivity index (χ4v) is 4.50. The van der Waals surface area contributed by atoms with Crippen molar-refractivity contribution in [3.05, 3.63) is 62.4 Å². The Morgan fingerprint density at radius 3 is 2.55 bits per heavy atom. The minimum Gasteiger partial charge on any atom is -0.497 e. The smallest absolute Gasteiger partial charge is 0.210 e. The van der Waals surface area contributed by atoms with E-state index in [4.69, 9.17) is 21.7 Å². The van der Waals surface area contributed by atoms with Crippen LogP contribution in [0.3, 0.4) is 0 Å². The Morgan fingerprint density at radius 2 is 1.83 bits per heavy atom. The van der Waals surface area contributed by atoms with Gasteiger partial charge in [-0.3, -0.25) is 9.56 Å². The van der Waals surface area contributed by atoms with Gasteiger partial charge in [-0.2, -0.15) is 0 Å². The number of thiazole rings is 1. The first-order chi connectivity index (χ1) is 14.1. The van der Waals surface area contributed by atoms with Crippen molar-refractivity contribution in [1.82, 2.24) is 4.57 Å². The highest BCUT2D eigenvalue weighted by Crippen LogP contribution is 2.37. The van der Waals surface area contributed by atoms with Crippen LogP contribution < -0.4 is 9.47 Å². The van der Waals surface area contributed by atoms with Gasteiger partial charge in [0.25, 0.3) is 0 Å². The fraction of sp³-hybridized carbons (Fsp3) is 0.182. The predicted octanol–water partition coefficient (Wildman–Crippen LogP) is 5.50. The van der Waals surface area contributed by atoms with Crippen LogP contribution in [0.4, 0.5) is 5.69 Å². The SMILES string of the molecule is COc1ccc(CCn2c(O)c(/C=C3\C=Nc4ccc(OC)cc43)sc2=S)cc1. The molecule has 0 amide bonds. The van der Waals surface area contributed by atoms with Crippen LogP contribution in [-0.2, 0) is 13.0 Å². The summed E-state index contributed by atoms with van der Waals surface area (Å²) in [4.78, 5) is 5.16. The highest BCUT2D eigenvalue weighted by molar-refractivity contribution is 7.73. The molecule has 0 saturated heterocycles. The Kier molecular flexibility index (Phi) is 5.51. The van der Waals surface area contributed by atoms with E-state index in [0.717, 1.165) is 45.2 Å². The number of methoxy groups -OCH3 is 2. The summed E-state index contributed by atoms with van der Waals surface area (Å²) in [5.41, 5.74) is 3.95. The largest absolute Gasteiger partial charge is 0.497 e. The summed E-state index contributed by atoms with van der Waals surface area (Å²) in [7, 11) is 3.29. The van der Waals surface area contributed by atoms with Crippen molar-refractivity contribution in [2.24, 2.45) is 4.99 Å². The molecule has 1 N–H and O–H groups in total. The van der Waals surface area contributed by atoms with Gasteiger partial charge in [0.1, 0.15) is 11.5 Å². The first kappa shape index (κ1) is 19.4. The van der Waals surface area contributed by atoms with E-state index < -0.39 is 0 Å². The number of aromatic hydroxyl groups is 1. The van der Waals surface area contributed by atoms with Gasteiger partial charge in [0.2, 0.25) is 5.88 Å². The van der Waals surface area contributed by atoms with Gasteiger partial charge in [0.05, 0.1) is 24.8 Å². The first-order valence-electron chi connectivity index (χ1n) is 9.08. The molecular weight excluding hydrogens is 404 g/mol. The number of allylic oxidation sites excluding steroid dienone is 1. The third-order valence-electron chi connectivity index (χ3n) is 4.82. The quantitative estimate of drug-likeness (QED) is 0.531. The molecule has 0 saturated carbocycles. The molecule has 0 spiro atoms. The highest BCUT2D eigenvalue weighted by Gasteiger charge is 2.16. The van der Waals surface area contributed by atoms with E-state index in [0.29, 0.717) is 10.5 Å². The van der Waals surface area contributed by atoms with Crippen LogP contribution >= 0.6 is 23.6 Å². The van der Waals surface area contributed by atoms with E-state index in [1.54, 1.807) is 25.0 Å². The zero-order chi connectivity index (χ0) is 20.4. The van der Waals surface area contributed by atoms with E-state index in [1.807, 2.05) is 48.5 Å². The number of rotatable bonds is 6. The summed E-state index contributed by atoms with van der Waals surface area (Å²) in [5.74, 6) is 1.78. The third kappa shape index (κ3) is 3.97. The summed E-state index contributed by atoms with van der Waals surface area (Å²) < 4.78 is 12.9. The maximum absolute atomic E-state index is 10.8. The summed E-state index contributed by atoms with van der Waals surface area (Å²) in [6.45, 7) is 0.606. The van der Waals surface area contributed by atoms with Crippen molar-refractivity contribution in [3.8, 4) is 17.4 Å². The second-order valence-electron chi connectivity index (χ2n) is 6.55. The fourth-order valence-electron chi connectivity index (χ4n) is 3.19. The predicted molar refractivity (Wildman–Crippen MR) is 121 cm³/mol. The Morgan fingerprint density at radius 1 is 1.10 bits per heavy atom. The lowest BCUT2D eigenvalue weighted by Crippen LogP contribution is -2.00. The van der Waals surface area contributed by atoms with Crippen molar-refractivity contribution >= 4 is 47.1 Å². The molecule has 148 valence electrons. The van der Waals surface area contributed by atoms with Gasteiger partial charge in [-0.05, 0) is 60.6 Å². The van der Waals surface area contributed by atoms with Crippen LogP contribution in [0, 0.1) is 3.95 Å². The number of aromatic nitrogens is 1. The van der Waals surface area contributed by atoms with E-state index in [-0.39, 0.29) is 5.88 Å². The second kappa shape index (κ2) is 8.23. The van der Waals surface area contributed by atoms with E-state index >= 15 is 0 Å². The van der Waals surface area contributed by atoms with Crippen molar-refractivity contribution in [3.63, 3.8) is 0 Å². The van der Waals surface area contributed by atoms with E-state index in [2.05, 4.69) is 4.99 Å². The molecule has 0 unspecified atom stereocenters. The maximum Gasteiger partial charge on any atom is 0.210 e. The molecule has 0 aliphatic carbocycles. The number of aliphatic imine (C=N–C) groups is 1. The van der Waals surface area contributed by atoms with Crippen molar-refractivity contribution in [2.45, 2.75) is 13.0 Å². The Bertz CT molecular complexity index is 1160. The van der Waals surface area contributed by atoms with Gasteiger partial charge in [-0.1, -0.05) is 12.1 Å². The molecule has 29 heavy (non-hydrogen) atoms. The molecule has 0 bridgehead atoms. The molecule has 7 heteroatoms. The van der Waals surface area contributed by atoms with Crippen LogP contribution in [-0.4, -0.2) is 30.1 Å². The molecule has 1 aromatic heterocycles. The summed E-state index contributed by atoms with van der Waals surface area (Å²) in [6, 6.07) is 13.7. The van der Waals surface area contributed by atoms with Crippen molar-refractivity contribution in [2.75, 3.05) is 14.2 Å². The first-order valence-corrected chi connectivity index (χ1v) is 10.3. The van der Waals surface area contributed by atoms with Gasteiger partial charge in [0.15, 0.2) is 3.95 Å². The molecule has 3 aromatic rings. The number of fused-ring (bicyclic) bond motifs is 1. The van der Waals surface area contributed by atoms with Gasteiger partial charge < -0.3 is 14.6 Å². The number of benzene rings is 2. The Hall–Kier alpha value is -2.90. The summed E-state index contributed by atoms with van der Waals surface area (Å²) in [5, 5.41) is 10.8. The zero-order valence-corrected chi connectivity index (χ0v) is 17.7. The number of hydrogen-bond donors (Lipinski definition) is 1. The van der Waals surface area contributed by atoms with E-state index in [9.17, 15) is 5.11 Å². The van der Waals surface area contributed by atoms with Crippen molar-refractivity contribution in [1.29, 1.82) is 0 Å². The van der Waals surface area contributed by atoms with Gasteiger partial charge in [-0.15, -0.1) is 11.3 Å².